The van der Waals surface area contributed by atoms with Gasteiger partial charge in [0.2, 0.25) is 0 Å². The molecule has 0 spiro atoms. The zero-order chi connectivity index (χ0) is 43.8. The van der Waals surface area contributed by atoms with Gasteiger partial charge in [0, 0.05) is 19.3 Å². The minimum atomic E-state index is -0.759. The van der Waals surface area contributed by atoms with Crippen molar-refractivity contribution in [2.75, 3.05) is 13.2 Å². The Labute approximate surface area is 374 Å². The molecule has 6 heteroatoms. The first-order chi connectivity index (χ1) is 29.4. The number of ether oxygens (including phenoxy) is 3. The van der Waals surface area contributed by atoms with Crippen LogP contribution in [0.25, 0.3) is 0 Å². The van der Waals surface area contributed by atoms with Crippen LogP contribution in [-0.2, 0) is 28.6 Å². The third-order valence-electron chi connectivity index (χ3n) is 12.3. The Morgan fingerprint density at radius 3 is 0.817 bits per heavy atom. The van der Waals surface area contributed by atoms with E-state index in [4.69, 9.17) is 14.2 Å². The van der Waals surface area contributed by atoms with Gasteiger partial charge in [-0.1, -0.05) is 265 Å². The van der Waals surface area contributed by atoms with Gasteiger partial charge in [0.1, 0.15) is 13.2 Å². The fourth-order valence-corrected chi connectivity index (χ4v) is 8.22. The van der Waals surface area contributed by atoms with Crippen molar-refractivity contribution in [3.8, 4) is 0 Å². The lowest BCUT2D eigenvalue weighted by Crippen LogP contribution is -2.30. The van der Waals surface area contributed by atoms with Gasteiger partial charge in [-0.2, -0.15) is 0 Å². The summed E-state index contributed by atoms with van der Waals surface area (Å²) >= 11 is 0. The van der Waals surface area contributed by atoms with E-state index < -0.39 is 6.10 Å². The summed E-state index contributed by atoms with van der Waals surface area (Å²) < 4.78 is 16.7. The van der Waals surface area contributed by atoms with E-state index in [-0.39, 0.29) is 31.1 Å². The van der Waals surface area contributed by atoms with Crippen LogP contribution in [0.2, 0.25) is 0 Å². The average Bonchev–Trinajstić information content (AvgIpc) is 3.23. The monoisotopic (exact) mass is 849 g/mol. The highest BCUT2D eigenvalue weighted by atomic mass is 16.6. The minimum absolute atomic E-state index is 0.0636. The molecule has 0 rings (SSSR count). The van der Waals surface area contributed by atoms with E-state index in [1.165, 1.54) is 193 Å². The first-order valence-corrected chi connectivity index (χ1v) is 26.9. The normalized spacial score (nSPS) is 11.9. The van der Waals surface area contributed by atoms with Crippen LogP contribution in [0.5, 0.6) is 0 Å². The first kappa shape index (κ1) is 58.4. The summed E-state index contributed by atoms with van der Waals surface area (Å²) in [6.45, 7) is 8.97. The highest BCUT2D eigenvalue weighted by Crippen LogP contribution is 2.17. The van der Waals surface area contributed by atoms with Crippen molar-refractivity contribution in [2.24, 2.45) is 5.92 Å². The highest BCUT2D eigenvalue weighted by Gasteiger charge is 2.19. The van der Waals surface area contributed by atoms with Crippen molar-refractivity contribution in [3.63, 3.8) is 0 Å². The van der Waals surface area contributed by atoms with Gasteiger partial charge in [0.25, 0.3) is 0 Å². The van der Waals surface area contributed by atoms with E-state index in [1.807, 2.05) is 0 Å². The Bertz CT molecular complexity index is 903. The number of carbonyl (C=O) groups excluding carboxylic acids is 3. The predicted octanol–water partition coefficient (Wildman–Crippen LogP) is 17.5. The number of unbranched alkanes of at least 4 members (excludes halogenated alkanes) is 36. The van der Waals surface area contributed by atoms with E-state index >= 15 is 0 Å². The van der Waals surface area contributed by atoms with Gasteiger partial charge in [-0.25, -0.2) is 0 Å². The van der Waals surface area contributed by atoms with Gasteiger partial charge in [0.05, 0.1) is 0 Å². The molecule has 6 nitrogen and oxygen atoms in total. The van der Waals surface area contributed by atoms with Crippen LogP contribution in [-0.4, -0.2) is 37.2 Å². The van der Waals surface area contributed by atoms with Crippen molar-refractivity contribution in [3.05, 3.63) is 0 Å². The van der Waals surface area contributed by atoms with Crippen LogP contribution in [0.4, 0.5) is 0 Å². The van der Waals surface area contributed by atoms with E-state index in [9.17, 15) is 14.4 Å². The van der Waals surface area contributed by atoms with Crippen LogP contribution in [0.3, 0.4) is 0 Å². The minimum Gasteiger partial charge on any atom is -0.462 e. The smallest absolute Gasteiger partial charge is 0.306 e. The fraction of sp³-hybridized carbons (Fsp3) is 0.944. The Morgan fingerprint density at radius 1 is 0.317 bits per heavy atom. The van der Waals surface area contributed by atoms with Crippen LogP contribution >= 0.6 is 0 Å². The SMILES string of the molecule is CCCCCCCCCCCCCCCCCCCCCC(=O)O[C@@H](COC(=O)CCCCCCC)COC(=O)CCCCCCCCCCCCCCCCCC(C)C. The molecular formula is C54H104O6. The molecule has 356 valence electrons. The van der Waals surface area contributed by atoms with Crippen molar-refractivity contribution in [1.82, 2.24) is 0 Å². The molecule has 0 aromatic heterocycles. The summed E-state index contributed by atoms with van der Waals surface area (Å²) in [5.41, 5.74) is 0. The van der Waals surface area contributed by atoms with E-state index in [0.29, 0.717) is 19.3 Å². The average molecular weight is 849 g/mol. The lowest BCUT2D eigenvalue weighted by Gasteiger charge is -2.18. The summed E-state index contributed by atoms with van der Waals surface area (Å²) in [5.74, 6) is -0.00774. The van der Waals surface area contributed by atoms with Crippen LogP contribution < -0.4 is 0 Å². The molecule has 0 aliphatic carbocycles. The Hall–Kier alpha value is -1.59. The molecule has 60 heavy (non-hydrogen) atoms. The van der Waals surface area contributed by atoms with Crippen LogP contribution in [0, 0.1) is 5.92 Å². The highest BCUT2D eigenvalue weighted by molar-refractivity contribution is 5.71. The topological polar surface area (TPSA) is 78.9 Å². The lowest BCUT2D eigenvalue weighted by atomic mass is 10.0. The number of carbonyl (C=O) groups is 3. The fourth-order valence-electron chi connectivity index (χ4n) is 8.22. The maximum Gasteiger partial charge on any atom is 0.306 e. The van der Waals surface area contributed by atoms with E-state index in [1.54, 1.807) is 0 Å². The second-order valence-electron chi connectivity index (χ2n) is 19.0. The molecule has 0 bridgehead atoms. The zero-order valence-corrected chi connectivity index (χ0v) is 40.9. The molecule has 0 amide bonds. The summed E-state index contributed by atoms with van der Waals surface area (Å²) in [7, 11) is 0. The molecule has 0 aromatic carbocycles. The number of hydrogen-bond acceptors (Lipinski definition) is 6. The van der Waals surface area contributed by atoms with E-state index in [0.717, 1.165) is 70.1 Å². The molecule has 0 saturated heterocycles. The second kappa shape index (κ2) is 48.4. The van der Waals surface area contributed by atoms with Gasteiger partial charge in [-0.3, -0.25) is 14.4 Å². The van der Waals surface area contributed by atoms with Gasteiger partial charge in [-0.15, -0.1) is 0 Å². The summed E-state index contributed by atoms with van der Waals surface area (Å²) in [6.07, 6.45) is 51.3. The predicted molar refractivity (Wildman–Crippen MR) is 257 cm³/mol. The molecule has 0 aliphatic rings. The Kier molecular flexibility index (Phi) is 47.2. The number of hydrogen-bond donors (Lipinski definition) is 0. The third-order valence-corrected chi connectivity index (χ3v) is 12.3. The van der Waals surface area contributed by atoms with Crippen molar-refractivity contribution in [2.45, 2.75) is 310 Å². The molecule has 0 saturated carbocycles. The van der Waals surface area contributed by atoms with Crippen molar-refractivity contribution in [1.29, 1.82) is 0 Å². The first-order valence-electron chi connectivity index (χ1n) is 26.9. The van der Waals surface area contributed by atoms with Gasteiger partial charge in [-0.05, 0) is 25.2 Å². The molecule has 0 aromatic rings. The maximum atomic E-state index is 12.7. The van der Waals surface area contributed by atoms with Gasteiger partial charge in [0.15, 0.2) is 6.10 Å². The Morgan fingerprint density at radius 2 is 0.550 bits per heavy atom. The molecular weight excluding hydrogens is 745 g/mol. The second-order valence-corrected chi connectivity index (χ2v) is 19.0. The lowest BCUT2D eigenvalue weighted by molar-refractivity contribution is -0.167. The number of rotatable bonds is 49. The maximum absolute atomic E-state index is 12.7. The molecule has 0 heterocycles. The van der Waals surface area contributed by atoms with Crippen molar-refractivity contribution < 1.29 is 28.6 Å². The standard InChI is InChI=1S/C54H104O6/c1-5-7-9-11-12-13-14-15-16-17-18-19-22-26-29-32-35-39-43-47-54(57)60-51(48-58-52(55)45-41-36-10-8-6-2)49-59-53(56)46-42-38-34-31-28-25-23-20-21-24-27-30-33-37-40-44-50(3)4/h50-51H,5-49H2,1-4H3/t51-/m0/s1. The molecule has 0 radical (unpaired) electrons. The summed E-state index contributed by atoms with van der Waals surface area (Å²) in [5, 5.41) is 0. The summed E-state index contributed by atoms with van der Waals surface area (Å²) in [4.78, 5) is 37.7. The quantitative estimate of drug-likeness (QED) is 0.0345. The van der Waals surface area contributed by atoms with Crippen LogP contribution in [0.15, 0.2) is 0 Å². The van der Waals surface area contributed by atoms with E-state index in [2.05, 4.69) is 27.7 Å². The molecule has 0 unspecified atom stereocenters. The van der Waals surface area contributed by atoms with Crippen molar-refractivity contribution >= 4 is 17.9 Å². The van der Waals surface area contributed by atoms with Gasteiger partial charge >= 0.3 is 17.9 Å². The zero-order valence-electron chi connectivity index (χ0n) is 40.9. The Balaban J connectivity index is 4.07. The third kappa shape index (κ3) is 47.5. The molecule has 0 N–H and O–H groups in total. The van der Waals surface area contributed by atoms with Crippen LogP contribution in [0.1, 0.15) is 304 Å². The molecule has 0 aliphatic heterocycles. The molecule has 1 atom stereocenters. The summed E-state index contributed by atoms with van der Waals surface area (Å²) in [6, 6.07) is 0. The molecule has 0 fully saturated rings. The number of esters is 3. The largest absolute Gasteiger partial charge is 0.462 e. The van der Waals surface area contributed by atoms with Gasteiger partial charge < -0.3 is 14.2 Å².